The summed E-state index contributed by atoms with van der Waals surface area (Å²) in [6.07, 6.45) is 3.60. The first-order valence-electron chi connectivity index (χ1n) is 8.86. The summed E-state index contributed by atoms with van der Waals surface area (Å²) in [6, 6.07) is 5.43. The van der Waals surface area contributed by atoms with Gasteiger partial charge in [0.15, 0.2) is 5.82 Å². The van der Waals surface area contributed by atoms with Crippen LogP contribution in [0, 0.1) is 0 Å². The summed E-state index contributed by atoms with van der Waals surface area (Å²) in [6.45, 7) is 3.70. The predicted molar refractivity (Wildman–Crippen MR) is 95.5 cm³/mol. The van der Waals surface area contributed by atoms with Crippen molar-refractivity contribution in [2.24, 2.45) is 0 Å². The van der Waals surface area contributed by atoms with Crippen LogP contribution < -0.4 is 5.32 Å². The zero-order chi connectivity index (χ0) is 18.1. The molecular weight excluding hydrogens is 332 g/mol. The van der Waals surface area contributed by atoms with E-state index >= 15 is 0 Å². The van der Waals surface area contributed by atoms with Gasteiger partial charge in [-0.1, -0.05) is 6.07 Å². The molecule has 1 atom stereocenters. The molecule has 4 rings (SSSR count). The van der Waals surface area contributed by atoms with E-state index in [0.29, 0.717) is 30.2 Å². The third kappa shape index (κ3) is 3.08. The number of hydrogen-bond acceptors (Lipinski definition) is 5. The van der Waals surface area contributed by atoms with Crippen LogP contribution in [0.1, 0.15) is 23.0 Å². The second kappa shape index (κ2) is 6.87. The van der Waals surface area contributed by atoms with E-state index in [4.69, 9.17) is 0 Å². The van der Waals surface area contributed by atoms with Gasteiger partial charge in [-0.15, -0.1) is 0 Å². The number of carbonyl (C=O) groups is 2. The van der Waals surface area contributed by atoms with Crippen molar-refractivity contribution in [2.45, 2.75) is 12.5 Å². The van der Waals surface area contributed by atoms with Crippen LogP contribution in [0.2, 0.25) is 0 Å². The molecule has 2 aromatic rings. The van der Waals surface area contributed by atoms with Crippen LogP contribution in [0.3, 0.4) is 0 Å². The molecule has 0 radical (unpaired) electrons. The lowest BCUT2D eigenvalue weighted by Gasteiger charge is -2.34. The van der Waals surface area contributed by atoms with Gasteiger partial charge in [-0.2, -0.15) is 0 Å². The van der Waals surface area contributed by atoms with E-state index < -0.39 is 0 Å². The first-order valence-corrected chi connectivity index (χ1v) is 8.86. The molecule has 1 saturated heterocycles. The van der Waals surface area contributed by atoms with E-state index in [1.54, 1.807) is 12.4 Å². The highest BCUT2D eigenvalue weighted by Gasteiger charge is 2.32. The summed E-state index contributed by atoms with van der Waals surface area (Å²) < 4.78 is 1.87. The minimum Gasteiger partial charge on any atom is -0.349 e. The number of pyridine rings is 1. The quantitative estimate of drug-likeness (QED) is 0.862. The van der Waals surface area contributed by atoms with Crippen LogP contribution >= 0.6 is 0 Å². The Morgan fingerprint density at radius 3 is 2.77 bits per heavy atom. The number of aromatic nitrogens is 3. The Kier molecular flexibility index (Phi) is 4.42. The average Bonchev–Trinajstić information content (AvgIpc) is 3.11. The van der Waals surface area contributed by atoms with Crippen LogP contribution in [-0.4, -0.2) is 75.9 Å². The minimum absolute atomic E-state index is 0.117. The molecule has 1 N–H and O–H groups in total. The van der Waals surface area contributed by atoms with E-state index in [0.717, 1.165) is 26.2 Å². The Labute approximate surface area is 151 Å². The highest BCUT2D eigenvalue weighted by Crippen LogP contribution is 2.27. The molecule has 1 fully saturated rings. The molecule has 2 aromatic heterocycles. The van der Waals surface area contributed by atoms with Gasteiger partial charge in [-0.25, -0.2) is 4.98 Å². The van der Waals surface area contributed by atoms with Crippen molar-refractivity contribution in [3.05, 3.63) is 36.3 Å². The maximum absolute atomic E-state index is 12.8. The summed E-state index contributed by atoms with van der Waals surface area (Å²) in [5.74, 6) is 0.584. The molecule has 2 amide bonds. The molecule has 136 valence electrons. The SMILES string of the molecule is CN1CCN(C(=O)CC2CNC(=O)c3cnc(-c4ccccn4)n32)CC1. The van der Waals surface area contributed by atoms with Crippen molar-refractivity contribution in [2.75, 3.05) is 39.8 Å². The number of fused-ring (bicyclic) bond motifs is 1. The number of nitrogens with one attached hydrogen (secondary N) is 1. The van der Waals surface area contributed by atoms with Gasteiger partial charge in [-0.05, 0) is 19.2 Å². The maximum atomic E-state index is 12.8. The number of likely N-dealkylation sites (N-methyl/N-ethyl adjacent to an activating group) is 1. The fourth-order valence-electron chi connectivity index (χ4n) is 3.53. The molecule has 0 saturated carbocycles. The van der Waals surface area contributed by atoms with Crippen LogP contribution in [0.5, 0.6) is 0 Å². The van der Waals surface area contributed by atoms with Crippen molar-refractivity contribution in [3.8, 4) is 11.5 Å². The molecule has 8 nitrogen and oxygen atoms in total. The molecular formula is C18H22N6O2. The molecule has 0 aliphatic carbocycles. The van der Waals surface area contributed by atoms with Gasteiger partial charge in [0.2, 0.25) is 5.91 Å². The largest absolute Gasteiger partial charge is 0.349 e. The molecule has 8 heteroatoms. The van der Waals surface area contributed by atoms with E-state index in [-0.39, 0.29) is 17.9 Å². The molecule has 2 aliphatic heterocycles. The zero-order valence-corrected chi connectivity index (χ0v) is 14.8. The van der Waals surface area contributed by atoms with Crippen molar-refractivity contribution >= 4 is 11.8 Å². The number of rotatable bonds is 3. The summed E-state index contributed by atoms with van der Waals surface area (Å²) in [5, 5.41) is 2.87. The maximum Gasteiger partial charge on any atom is 0.269 e. The first kappa shape index (κ1) is 16.7. The van der Waals surface area contributed by atoms with Gasteiger partial charge in [0.05, 0.1) is 12.2 Å². The van der Waals surface area contributed by atoms with E-state index in [9.17, 15) is 9.59 Å². The number of piperazine rings is 1. The monoisotopic (exact) mass is 354 g/mol. The molecule has 2 aliphatic rings. The van der Waals surface area contributed by atoms with Crippen molar-refractivity contribution < 1.29 is 9.59 Å². The van der Waals surface area contributed by atoms with Gasteiger partial charge >= 0.3 is 0 Å². The van der Waals surface area contributed by atoms with Gasteiger partial charge in [-0.3, -0.25) is 14.6 Å². The van der Waals surface area contributed by atoms with Crippen LogP contribution in [0.15, 0.2) is 30.6 Å². The molecule has 26 heavy (non-hydrogen) atoms. The fraction of sp³-hybridized carbons (Fsp3) is 0.444. The summed E-state index contributed by atoms with van der Waals surface area (Å²) in [5.41, 5.74) is 1.18. The summed E-state index contributed by atoms with van der Waals surface area (Å²) in [4.78, 5) is 37.9. The van der Waals surface area contributed by atoms with E-state index in [1.165, 1.54) is 0 Å². The number of hydrogen-bond donors (Lipinski definition) is 1. The number of nitrogens with zero attached hydrogens (tertiary/aromatic N) is 5. The Morgan fingerprint density at radius 2 is 2.04 bits per heavy atom. The fourth-order valence-corrected chi connectivity index (χ4v) is 3.53. The number of carbonyl (C=O) groups excluding carboxylic acids is 2. The topological polar surface area (TPSA) is 83.4 Å². The third-order valence-corrected chi connectivity index (χ3v) is 5.05. The normalized spacial score (nSPS) is 20.6. The van der Waals surface area contributed by atoms with Crippen LogP contribution in [0.25, 0.3) is 11.5 Å². The summed E-state index contributed by atoms with van der Waals surface area (Å²) in [7, 11) is 2.06. The highest BCUT2D eigenvalue weighted by molar-refractivity contribution is 5.94. The molecule has 4 heterocycles. The Hall–Kier alpha value is -2.74. The van der Waals surface area contributed by atoms with E-state index in [2.05, 4.69) is 27.2 Å². The molecule has 0 spiro atoms. The van der Waals surface area contributed by atoms with Crippen molar-refractivity contribution in [3.63, 3.8) is 0 Å². The standard InChI is InChI=1S/C18H22N6O2/c1-22-6-8-23(9-7-22)16(25)10-13-11-21-18(26)15-12-20-17(24(13)15)14-4-2-3-5-19-14/h2-5,12-13H,6-11H2,1H3,(H,21,26). The van der Waals surface area contributed by atoms with Gasteiger partial charge in [0.1, 0.15) is 11.4 Å². The Bertz CT molecular complexity index is 810. The summed E-state index contributed by atoms with van der Waals surface area (Å²) >= 11 is 0. The Balaban J connectivity index is 1.60. The first-order chi connectivity index (χ1) is 12.6. The lowest BCUT2D eigenvalue weighted by atomic mass is 10.1. The van der Waals surface area contributed by atoms with Gasteiger partial charge in [0.25, 0.3) is 5.91 Å². The minimum atomic E-state index is -0.164. The predicted octanol–water partition coefficient (Wildman–Crippen LogP) is 0.394. The number of imidazole rings is 1. The van der Waals surface area contributed by atoms with Crippen LogP contribution in [0.4, 0.5) is 0 Å². The van der Waals surface area contributed by atoms with Gasteiger partial charge < -0.3 is 19.7 Å². The smallest absolute Gasteiger partial charge is 0.269 e. The zero-order valence-electron chi connectivity index (χ0n) is 14.8. The van der Waals surface area contributed by atoms with Crippen LogP contribution in [-0.2, 0) is 4.79 Å². The number of amides is 2. The lowest BCUT2D eigenvalue weighted by molar-refractivity contribution is -0.133. The lowest BCUT2D eigenvalue weighted by Crippen LogP contribution is -2.48. The molecule has 0 bridgehead atoms. The van der Waals surface area contributed by atoms with E-state index in [1.807, 2.05) is 27.7 Å². The average molecular weight is 354 g/mol. The third-order valence-electron chi connectivity index (χ3n) is 5.05. The van der Waals surface area contributed by atoms with Gasteiger partial charge in [0, 0.05) is 45.3 Å². The molecule has 1 unspecified atom stereocenters. The Morgan fingerprint density at radius 1 is 1.23 bits per heavy atom. The second-order valence-electron chi connectivity index (χ2n) is 6.80. The van der Waals surface area contributed by atoms with Crippen molar-refractivity contribution in [1.82, 2.24) is 29.7 Å². The highest BCUT2D eigenvalue weighted by atomic mass is 16.2. The van der Waals surface area contributed by atoms with Crippen molar-refractivity contribution in [1.29, 1.82) is 0 Å². The second-order valence-corrected chi connectivity index (χ2v) is 6.80. The molecule has 0 aromatic carbocycles.